The summed E-state index contributed by atoms with van der Waals surface area (Å²) < 4.78 is 0. The second-order valence-corrected chi connectivity index (χ2v) is 8.36. The first-order valence-electron chi connectivity index (χ1n) is 9.05. The molecule has 0 unspecified atom stereocenters. The number of carbonyl (C=O) groups excluding carboxylic acids is 1. The number of para-hydroxylation sites is 1. The summed E-state index contributed by atoms with van der Waals surface area (Å²) in [7, 11) is 2.14. The van der Waals surface area contributed by atoms with Crippen LogP contribution in [0.2, 0.25) is 5.02 Å². The summed E-state index contributed by atoms with van der Waals surface area (Å²) in [5.74, 6) is 1.47. The first-order chi connectivity index (χ1) is 12.6. The minimum Gasteiger partial charge on any atom is -0.325 e. The molecule has 0 radical (unpaired) electrons. The lowest BCUT2D eigenvalue weighted by Crippen LogP contribution is -2.31. The van der Waals surface area contributed by atoms with E-state index in [-0.39, 0.29) is 5.91 Å². The molecule has 0 spiro atoms. The molecule has 3 rings (SSSR count). The molecule has 2 aromatic rings. The van der Waals surface area contributed by atoms with E-state index >= 15 is 0 Å². The van der Waals surface area contributed by atoms with Gasteiger partial charge in [-0.15, -0.1) is 11.8 Å². The third-order valence-corrected chi connectivity index (χ3v) is 6.18. The molecule has 1 fully saturated rings. The van der Waals surface area contributed by atoms with Gasteiger partial charge >= 0.3 is 0 Å². The summed E-state index contributed by atoms with van der Waals surface area (Å²) in [6, 6.07) is 15.9. The quantitative estimate of drug-likeness (QED) is 0.681. The Labute approximate surface area is 165 Å². The van der Waals surface area contributed by atoms with Crippen molar-refractivity contribution < 1.29 is 4.79 Å². The summed E-state index contributed by atoms with van der Waals surface area (Å²) in [5, 5.41) is 3.87. The van der Waals surface area contributed by atoms with Gasteiger partial charge in [-0.05, 0) is 68.7 Å². The van der Waals surface area contributed by atoms with Crippen LogP contribution in [0.15, 0.2) is 53.4 Å². The van der Waals surface area contributed by atoms with Crippen molar-refractivity contribution in [3.05, 3.63) is 59.1 Å². The van der Waals surface area contributed by atoms with Crippen molar-refractivity contribution in [2.24, 2.45) is 5.92 Å². The van der Waals surface area contributed by atoms with Gasteiger partial charge in [0.05, 0.1) is 5.69 Å². The van der Waals surface area contributed by atoms with Gasteiger partial charge in [0, 0.05) is 22.1 Å². The van der Waals surface area contributed by atoms with Crippen molar-refractivity contribution in [2.75, 3.05) is 25.5 Å². The number of nitrogens with one attached hydrogen (secondary N) is 1. The van der Waals surface area contributed by atoms with Gasteiger partial charge in [0.2, 0.25) is 5.91 Å². The number of hydrogen-bond acceptors (Lipinski definition) is 3. The van der Waals surface area contributed by atoms with Gasteiger partial charge in [-0.3, -0.25) is 4.79 Å². The maximum Gasteiger partial charge on any atom is 0.224 e. The number of nitrogens with zero attached hydrogens (tertiary/aromatic N) is 1. The third-order valence-electron chi connectivity index (χ3n) is 4.78. The largest absolute Gasteiger partial charge is 0.325 e. The Bertz CT molecular complexity index is 727. The first kappa shape index (κ1) is 19.3. The van der Waals surface area contributed by atoms with Crippen molar-refractivity contribution in [1.29, 1.82) is 0 Å². The number of benzene rings is 2. The predicted molar refractivity (Wildman–Crippen MR) is 111 cm³/mol. The second kappa shape index (κ2) is 9.45. The second-order valence-electron chi connectivity index (χ2n) is 6.91. The average molecular weight is 389 g/mol. The molecule has 1 N–H and O–H groups in total. The van der Waals surface area contributed by atoms with E-state index in [4.69, 9.17) is 11.6 Å². The summed E-state index contributed by atoms with van der Waals surface area (Å²) in [6.07, 6.45) is 2.83. The maximum absolute atomic E-state index is 12.5. The summed E-state index contributed by atoms with van der Waals surface area (Å²) in [6.45, 7) is 2.18. The Kier molecular flexibility index (Phi) is 7.00. The van der Waals surface area contributed by atoms with Crippen molar-refractivity contribution in [3.63, 3.8) is 0 Å². The highest BCUT2D eigenvalue weighted by Gasteiger charge is 2.20. The fourth-order valence-electron chi connectivity index (χ4n) is 3.17. The fourth-order valence-corrected chi connectivity index (χ4v) is 4.26. The molecule has 1 aliphatic heterocycles. The number of piperidine rings is 1. The summed E-state index contributed by atoms with van der Waals surface area (Å²) in [4.78, 5) is 15.9. The van der Waals surface area contributed by atoms with E-state index in [0.29, 0.717) is 12.3 Å². The van der Waals surface area contributed by atoms with E-state index in [1.807, 2.05) is 42.5 Å². The number of likely N-dealkylation sites (tertiary alicyclic amines) is 1. The Morgan fingerprint density at radius 1 is 1.15 bits per heavy atom. The molecule has 2 aromatic carbocycles. The molecule has 1 aliphatic rings. The lowest BCUT2D eigenvalue weighted by Gasteiger charge is -2.28. The number of halogens is 1. The minimum absolute atomic E-state index is 0.124. The van der Waals surface area contributed by atoms with Crippen molar-refractivity contribution in [1.82, 2.24) is 4.90 Å². The standard InChI is InChI=1S/C21H25ClN2OS/c1-24-12-10-16(11-13-24)14-21(25)23-19-4-2-3-5-20(19)26-15-17-6-8-18(22)9-7-17/h2-9,16H,10-15H2,1H3,(H,23,25). The molecule has 0 atom stereocenters. The van der Waals surface area contributed by atoms with Crippen molar-refractivity contribution in [3.8, 4) is 0 Å². The lowest BCUT2D eigenvalue weighted by atomic mass is 9.93. The Balaban J connectivity index is 1.56. The van der Waals surface area contributed by atoms with Crippen LogP contribution in [0.5, 0.6) is 0 Å². The van der Waals surface area contributed by atoms with Crippen LogP contribution in [0.3, 0.4) is 0 Å². The van der Waals surface area contributed by atoms with Crippen LogP contribution in [-0.4, -0.2) is 30.9 Å². The van der Waals surface area contributed by atoms with Crippen LogP contribution in [0, 0.1) is 5.92 Å². The van der Waals surface area contributed by atoms with Gasteiger partial charge < -0.3 is 10.2 Å². The Morgan fingerprint density at radius 2 is 1.85 bits per heavy atom. The monoisotopic (exact) mass is 388 g/mol. The van der Waals surface area contributed by atoms with Gasteiger partial charge in [0.1, 0.15) is 0 Å². The third kappa shape index (κ3) is 5.76. The number of amides is 1. The molecule has 5 heteroatoms. The van der Waals surface area contributed by atoms with Crippen LogP contribution in [0.1, 0.15) is 24.8 Å². The first-order valence-corrected chi connectivity index (χ1v) is 10.4. The number of hydrogen-bond donors (Lipinski definition) is 1. The number of rotatable bonds is 6. The Hall–Kier alpha value is -1.49. The zero-order chi connectivity index (χ0) is 18.4. The normalized spacial score (nSPS) is 15.8. The van der Waals surface area contributed by atoms with Crippen LogP contribution in [-0.2, 0) is 10.5 Å². The average Bonchev–Trinajstić information content (AvgIpc) is 2.64. The zero-order valence-electron chi connectivity index (χ0n) is 15.1. The van der Waals surface area contributed by atoms with Gasteiger partial charge in [-0.25, -0.2) is 0 Å². The van der Waals surface area contributed by atoms with E-state index in [9.17, 15) is 4.79 Å². The molecule has 0 aromatic heterocycles. The van der Waals surface area contributed by atoms with Gasteiger partial charge in [-0.2, -0.15) is 0 Å². The Morgan fingerprint density at radius 3 is 2.58 bits per heavy atom. The van der Waals surface area contributed by atoms with E-state index in [0.717, 1.165) is 47.3 Å². The predicted octanol–water partition coefficient (Wildman–Crippen LogP) is 5.30. The fraction of sp³-hybridized carbons (Fsp3) is 0.381. The van der Waals surface area contributed by atoms with Gasteiger partial charge in [0.15, 0.2) is 0 Å². The lowest BCUT2D eigenvalue weighted by molar-refractivity contribution is -0.117. The summed E-state index contributed by atoms with van der Waals surface area (Å²) >= 11 is 7.67. The molecule has 0 saturated carbocycles. The van der Waals surface area contributed by atoms with Crippen LogP contribution in [0.25, 0.3) is 0 Å². The molecule has 1 saturated heterocycles. The number of anilines is 1. The molecule has 26 heavy (non-hydrogen) atoms. The van der Waals surface area contributed by atoms with E-state index < -0.39 is 0 Å². The summed E-state index contributed by atoms with van der Waals surface area (Å²) in [5.41, 5.74) is 2.12. The molecule has 1 amide bonds. The highest BCUT2D eigenvalue weighted by molar-refractivity contribution is 7.98. The highest BCUT2D eigenvalue weighted by Crippen LogP contribution is 2.30. The molecule has 1 heterocycles. The van der Waals surface area contributed by atoms with Crippen molar-refractivity contribution >= 4 is 35.0 Å². The van der Waals surface area contributed by atoms with Crippen molar-refractivity contribution in [2.45, 2.75) is 29.9 Å². The highest BCUT2D eigenvalue weighted by atomic mass is 35.5. The van der Waals surface area contributed by atoms with Crippen LogP contribution >= 0.6 is 23.4 Å². The smallest absolute Gasteiger partial charge is 0.224 e. The molecule has 138 valence electrons. The van der Waals surface area contributed by atoms with E-state index in [1.165, 1.54) is 5.56 Å². The van der Waals surface area contributed by atoms with E-state index in [2.05, 4.69) is 23.3 Å². The molecular weight excluding hydrogens is 364 g/mol. The molecule has 0 bridgehead atoms. The molecule has 3 nitrogen and oxygen atoms in total. The molecule has 0 aliphatic carbocycles. The van der Waals surface area contributed by atoms with E-state index in [1.54, 1.807) is 11.8 Å². The minimum atomic E-state index is 0.124. The zero-order valence-corrected chi connectivity index (χ0v) is 16.7. The van der Waals surface area contributed by atoms with Crippen LogP contribution < -0.4 is 5.32 Å². The van der Waals surface area contributed by atoms with Gasteiger partial charge in [-0.1, -0.05) is 35.9 Å². The van der Waals surface area contributed by atoms with Gasteiger partial charge in [0.25, 0.3) is 0 Å². The SMILES string of the molecule is CN1CCC(CC(=O)Nc2ccccc2SCc2ccc(Cl)cc2)CC1. The van der Waals surface area contributed by atoms with Crippen LogP contribution in [0.4, 0.5) is 5.69 Å². The topological polar surface area (TPSA) is 32.3 Å². The number of carbonyl (C=O) groups is 1. The molecular formula is C21H25ClN2OS. The number of thioether (sulfide) groups is 1. The maximum atomic E-state index is 12.5.